The van der Waals surface area contributed by atoms with E-state index in [2.05, 4.69) is 15.2 Å². The number of nitrogens with two attached hydrogens (primary N) is 1. The van der Waals surface area contributed by atoms with Crippen LogP contribution in [0, 0.1) is 6.92 Å². The first-order valence-electron chi connectivity index (χ1n) is 4.79. The highest BCUT2D eigenvalue weighted by atomic mass is 32.1. The molecule has 0 aliphatic rings. The molecule has 0 amide bonds. The summed E-state index contributed by atoms with van der Waals surface area (Å²) in [6.07, 6.45) is 0. The van der Waals surface area contributed by atoms with E-state index >= 15 is 0 Å². The van der Waals surface area contributed by atoms with Crippen molar-refractivity contribution in [2.45, 2.75) is 20.8 Å². The minimum absolute atomic E-state index is 0.505. The Morgan fingerprint density at radius 2 is 1.93 bits per heavy atom. The Balaban J connectivity index is 0.000000531. The Bertz CT molecular complexity index is 425. The van der Waals surface area contributed by atoms with Gasteiger partial charge in [0, 0.05) is 0 Å². The number of pyridine rings is 1. The van der Waals surface area contributed by atoms with Gasteiger partial charge in [0.1, 0.15) is 16.5 Å². The fraction of sp³-hybridized carbons (Fsp3) is 0.300. The molecule has 0 aliphatic carbocycles. The number of hydrogen-bond donors (Lipinski definition) is 1. The Morgan fingerprint density at radius 3 is 2.47 bits per heavy atom. The highest BCUT2D eigenvalue weighted by Crippen LogP contribution is 2.21. The summed E-state index contributed by atoms with van der Waals surface area (Å²) in [7, 11) is 0. The van der Waals surface area contributed by atoms with E-state index in [1.807, 2.05) is 32.9 Å². The number of rotatable bonds is 1. The zero-order valence-corrected chi connectivity index (χ0v) is 9.88. The van der Waals surface area contributed by atoms with Crippen LogP contribution in [0.15, 0.2) is 18.2 Å². The van der Waals surface area contributed by atoms with E-state index < -0.39 is 0 Å². The number of anilines is 1. The lowest BCUT2D eigenvalue weighted by atomic mass is 10.3. The second-order valence-corrected chi connectivity index (χ2v) is 3.76. The summed E-state index contributed by atoms with van der Waals surface area (Å²) in [5.74, 6) is 0.505. The number of nitrogen functional groups attached to an aromatic ring is 1. The molecule has 2 heterocycles. The summed E-state index contributed by atoms with van der Waals surface area (Å²) in [5, 5.41) is 9.63. The van der Waals surface area contributed by atoms with E-state index in [1.54, 1.807) is 6.07 Å². The summed E-state index contributed by atoms with van der Waals surface area (Å²) in [6.45, 7) is 5.91. The monoisotopic (exact) mass is 222 g/mol. The van der Waals surface area contributed by atoms with Gasteiger partial charge in [0.25, 0.3) is 0 Å². The third-order valence-electron chi connectivity index (χ3n) is 1.52. The molecule has 0 atom stereocenters. The molecule has 2 aromatic rings. The molecule has 80 valence electrons. The fourth-order valence-electron chi connectivity index (χ4n) is 0.971. The van der Waals surface area contributed by atoms with E-state index in [0.29, 0.717) is 5.82 Å². The lowest BCUT2D eigenvalue weighted by Crippen LogP contribution is -1.90. The molecule has 0 fully saturated rings. The minimum Gasteiger partial charge on any atom is -0.384 e. The van der Waals surface area contributed by atoms with Crippen molar-refractivity contribution in [3.8, 4) is 10.7 Å². The van der Waals surface area contributed by atoms with Crippen molar-refractivity contribution in [1.29, 1.82) is 0 Å². The topological polar surface area (TPSA) is 64.7 Å². The van der Waals surface area contributed by atoms with Gasteiger partial charge in [0.05, 0.1) is 0 Å². The van der Waals surface area contributed by atoms with Crippen molar-refractivity contribution >= 4 is 17.2 Å². The van der Waals surface area contributed by atoms with Crippen LogP contribution in [0.4, 0.5) is 5.82 Å². The molecular weight excluding hydrogens is 208 g/mol. The van der Waals surface area contributed by atoms with Gasteiger partial charge in [-0.25, -0.2) is 4.98 Å². The van der Waals surface area contributed by atoms with Crippen LogP contribution in [0.1, 0.15) is 18.9 Å². The number of aromatic nitrogens is 3. The molecule has 0 saturated carbocycles. The van der Waals surface area contributed by atoms with Crippen molar-refractivity contribution in [2.75, 3.05) is 5.73 Å². The molecule has 0 aliphatic heterocycles. The maximum absolute atomic E-state index is 5.55. The molecule has 15 heavy (non-hydrogen) atoms. The summed E-state index contributed by atoms with van der Waals surface area (Å²) in [5.41, 5.74) is 6.33. The van der Waals surface area contributed by atoms with Gasteiger partial charge in [-0.2, -0.15) is 0 Å². The van der Waals surface area contributed by atoms with E-state index in [9.17, 15) is 0 Å². The van der Waals surface area contributed by atoms with Crippen LogP contribution < -0.4 is 5.73 Å². The molecule has 2 N–H and O–H groups in total. The summed E-state index contributed by atoms with van der Waals surface area (Å²) >= 11 is 1.51. The van der Waals surface area contributed by atoms with Crippen LogP contribution in [-0.4, -0.2) is 15.2 Å². The van der Waals surface area contributed by atoms with Crippen LogP contribution in [-0.2, 0) is 0 Å². The molecule has 0 bridgehead atoms. The van der Waals surface area contributed by atoms with Gasteiger partial charge in [-0.15, -0.1) is 10.2 Å². The summed E-state index contributed by atoms with van der Waals surface area (Å²) in [6, 6.07) is 5.47. The maximum atomic E-state index is 5.55. The quantitative estimate of drug-likeness (QED) is 0.805. The van der Waals surface area contributed by atoms with Crippen molar-refractivity contribution < 1.29 is 0 Å². The number of hydrogen-bond acceptors (Lipinski definition) is 5. The molecule has 0 unspecified atom stereocenters. The summed E-state index contributed by atoms with van der Waals surface area (Å²) in [4.78, 5) is 4.14. The van der Waals surface area contributed by atoms with Crippen molar-refractivity contribution in [3.05, 3.63) is 23.2 Å². The minimum atomic E-state index is 0.505. The van der Waals surface area contributed by atoms with Gasteiger partial charge in [-0.3, -0.25) is 0 Å². The number of nitrogens with zero attached hydrogens (tertiary/aromatic N) is 3. The fourth-order valence-corrected chi connectivity index (χ4v) is 1.63. The van der Waals surface area contributed by atoms with E-state index in [0.717, 1.165) is 15.7 Å². The standard InChI is InChI=1S/C8H8N4S.C2H6/c1-5-11-12-8(13-5)6-3-2-4-7(9)10-6;1-2/h2-4H,1H3,(H2,9,10);1-2H3. The molecule has 2 aromatic heterocycles. The van der Waals surface area contributed by atoms with Gasteiger partial charge in [0.15, 0.2) is 5.01 Å². The van der Waals surface area contributed by atoms with Crippen LogP contribution in [0.25, 0.3) is 10.7 Å². The molecule has 4 nitrogen and oxygen atoms in total. The average molecular weight is 222 g/mol. The Hall–Kier alpha value is -1.49. The second kappa shape index (κ2) is 5.41. The normalized spacial score (nSPS) is 9.27. The first kappa shape index (κ1) is 11.6. The van der Waals surface area contributed by atoms with Gasteiger partial charge < -0.3 is 5.73 Å². The highest BCUT2D eigenvalue weighted by molar-refractivity contribution is 7.14. The summed E-state index contributed by atoms with van der Waals surface area (Å²) < 4.78 is 0. The van der Waals surface area contributed by atoms with Crippen molar-refractivity contribution in [3.63, 3.8) is 0 Å². The first-order valence-corrected chi connectivity index (χ1v) is 5.60. The lowest BCUT2D eigenvalue weighted by molar-refractivity contribution is 1.05. The van der Waals surface area contributed by atoms with Crippen LogP contribution in [0.2, 0.25) is 0 Å². The van der Waals surface area contributed by atoms with Crippen LogP contribution in [0.3, 0.4) is 0 Å². The third-order valence-corrected chi connectivity index (χ3v) is 2.38. The van der Waals surface area contributed by atoms with Gasteiger partial charge in [-0.05, 0) is 19.1 Å². The first-order chi connectivity index (χ1) is 7.25. The largest absolute Gasteiger partial charge is 0.384 e. The molecule has 0 aromatic carbocycles. The predicted octanol–water partition coefficient (Wildman–Crippen LogP) is 2.52. The molecule has 5 heteroatoms. The van der Waals surface area contributed by atoms with E-state index in [-0.39, 0.29) is 0 Å². The highest BCUT2D eigenvalue weighted by Gasteiger charge is 2.04. The van der Waals surface area contributed by atoms with Crippen LogP contribution in [0.5, 0.6) is 0 Å². The Morgan fingerprint density at radius 1 is 1.20 bits per heavy atom. The molecule has 0 radical (unpaired) electrons. The zero-order valence-electron chi connectivity index (χ0n) is 9.06. The van der Waals surface area contributed by atoms with Crippen LogP contribution >= 0.6 is 11.3 Å². The van der Waals surface area contributed by atoms with Crippen molar-refractivity contribution in [2.24, 2.45) is 0 Å². The van der Waals surface area contributed by atoms with E-state index in [4.69, 9.17) is 5.73 Å². The maximum Gasteiger partial charge on any atom is 0.166 e. The molecule has 0 saturated heterocycles. The SMILES string of the molecule is CC.Cc1nnc(-c2cccc(N)n2)s1. The molecule has 2 rings (SSSR count). The van der Waals surface area contributed by atoms with Crippen molar-refractivity contribution in [1.82, 2.24) is 15.2 Å². The lowest BCUT2D eigenvalue weighted by Gasteiger charge is -1.94. The smallest absolute Gasteiger partial charge is 0.166 e. The molecule has 0 spiro atoms. The van der Waals surface area contributed by atoms with Gasteiger partial charge in [-0.1, -0.05) is 31.3 Å². The Labute approximate surface area is 93.2 Å². The zero-order chi connectivity index (χ0) is 11.3. The second-order valence-electron chi connectivity index (χ2n) is 2.57. The van der Waals surface area contributed by atoms with Gasteiger partial charge >= 0.3 is 0 Å². The van der Waals surface area contributed by atoms with E-state index in [1.165, 1.54) is 11.3 Å². The van der Waals surface area contributed by atoms with Gasteiger partial charge in [0.2, 0.25) is 0 Å². The number of aryl methyl sites for hydroxylation is 1. The third kappa shape index (κ3) is 2.99. The average Bonchev–Trinajstić information content (AvgIpc) is 2.68. The molecular formula is C10H14N4S. The predicted molar refractivity (Wildman–Crippen MR) is 63.6 cm³/mol. The Kier molecular flexibility index (Phi) is 4.17.